The van der Waals surface area contributed by atoms with Crippen LogP contribution in [0.1, 0.15) is 30.0 Å². The Bertz CT molecular complexity index is 1420. The minimum atomic E-state index is -1.26. The van der Waals surface area contributed by atoms with E-state index in [2.05, 4.69) is 20.7 Å². The van der Waals surface area contributed by atoms with Crippen LogP contribution in [0.5, 0.6) is 5.88 Å². The maximum Gasteiger partial charge on any atom is 0.218 e. The van der Waals surface area contributed by atoms with Crippen LogP contribution in [0.3, 0.4) is 0 Å². The first-order chi connectivity index (χ1) is 16.5. The van der Waals surface area contributed by atoms with Gasteiger partial charge in [-0.3, -0.25) is 5.32 Å². The van der Waals surface area contributed by atoms with Crippen LogP contribution in [0.15, 0.2) is 42.6 Å². The summed E-state index contributed by atoms with van der Waals surface area (Å²) in [6.07, 6.45) is -0.604. The Balaban J connectivity index is 1.75. The predicted molar refractivity (Wildman–Crippen MR) is 122 cm³/mol. The summed E-state index contributed by atoms with van der Waals surface area (Å²) in [5, 5.41) is 31.0. The number of pyridine rings is 1. The Morgan fingerprint density at radius 2 is 2.12 bits per heavy atom. The number of aliphatic hydroxyl groups excluding tert-OH is 1. The fraction of sp³-hybridized carbons (Fsp3) is 0.217. The first-order valence-electron chi connectivity index (χ1n) is 10.6. The molecule has 172 valence electrons. The number of rotatable bonds is 1. The van der Waals surface area contributed by atoms with Gasteiger partial charge in [0.05, 0.1) is 17.3 Å². The summed E-state index contributed by atoms with van der Waals surface area (Å²) in [5.74, 6) is 0.354. The van der Waals surface area contributed by atoms with E-state index in [1.54, 1.807) is 6.92 Å². The maximum atomic E-state index is 14.0. The van der Waals surface area contributed by atoms with E-state index in [4.69, 9.17) is 15.5 Å². The highest BCUT2D eigenvalue weighted by molar-refractivity contribution is 5.86. The van der Waals surface area contributed by atoms with Crippen LogP contribution in [0.2, 0.25) is 0 Å². The molecule has 2 atom stereocenters. The van der Waals surface area contributed by atoms with E-state index in [1.807, 2.05) is 36.4 Å². The molecular formula is C23H21FN8O2. The number of anilines is 2. The van der Waals surface area contributed by atoms with Gasteiger partial charge in [0.25, 0.3) is 0 Å². The van der Waals surface area contributed by atoms with Gasteiger partial charge in [-0.1, -0.05) is 30.3 Å². The lowest BCUT2D eigenvalue weighted by molar-refractivity contribution is 0.115. The molecule has 2 bridgehead atoms. The lowest BCUT2D eigenvalue weighted by atomic mass is 10.1. The number of nitriles is 1. The number of hydrogen-bond donors (Lipinski definition) is 4. The fourth-order valence-corrected chi connectivity index (χ4v) is 3.93. The maximum absolute atomic E-state index is 14.0. The first kappa shape index (κ1) is 21.6. The summed E-state index contributed by atoms with van der Waals surface area (Å²) in [6.45, 7) is 2.13. The third kappa shape index (κ3) is 3.75. The second-order valence-corrected chi connectivity index (χ2v) is 7.91. The molecule has 0 aliphatic carbocycles. The molecule has 1 aliphatic heterocycles. The molecule has 10 nitrogen and oxygen atoms in total. The highest BCUT2D eigenvalue weighted by Gasteiger charge is 2.27. The fourth-order valence-electron chi connectivity index (χ4n) is 3.93. The summed E-state index contributed by atoms with van der Waals surface area (Å²) >= 11 is 0. The van der Waals surface area contributed by atoms with Crippen LogP contribution in [0, 0.1) is 17.1 Å². The molecule has 0 amide bonds. The number of nitrogen functional groups attached to an aromatic ring is 1. The van der Waals surface area contributed by atoms with Crippen LogP contribution in [-0.2, 0) is 6.54 Å². The van der Waals surface area contributed by atoms with Gasteiger partial charge in [-0.05, 0) is 18.6 Å². The van der Waals surface area contributed by atoms with Crippen LogP contribution in [0.4, 0.5) is 16.0 Å². The number of fused-ring (bicyclic) bond motifs is 2. The van der Waals surface area contributed by atoms with Crippen molar-refractivity contribution in [3.8, 4) is 23.1 Å². The molecule has 1 aliphatic rings. The van der Waals surface area contributed by atoms with E-state index in [9.17, 15) is 14.8 Å². The molecule has 0 saturated heterocycles. The first-order valence-corrected chi connectivity index (χ1v) is 10.6. The van der Waals surface area contributed by atoms with Gasteiger partial charge in [-0.25, -0.2) is 14.4 Å². The second kappa shape index (κ2) is 8.58. The summed E-state index contributed by atoms with van der Waals surface area (Å²) in [5.41, 5.74) is 8.74. The minimum absolute atomic E-state index is 0.00849. The van der Waals surface area contributed by atoms with Crippen molar-refractivity contribution in [1.82, 2.24) is 24.9 Å². The van der Waals surface area contributed by atoms with Gasteiger partial charge in [-0.15, -0.1) is 0 Å². The molecule has 4 heterocycles. The Hall–Kier alpha value is -4.27. The number of aliphatic hydroxyl groups is 1. The zero-order valence-corrected chi connectivity index (χ0v) is 18.2. The Morgan fingerprint density at radius 1 is 1.32 bits per heavy atom. The van der Waals surface area contributed by atoms with Crippen molar-refractivity contribution in [3.63, 3.8) is 0 Å². The highest BCUT2D eigenvalue weighted by atomic mass is 19.1. The summed E-state index contributed by atoms with van der Waals surface area (Å²) in [6, 6.07) is 12.7. The number of nitrogens with zero attached hydrogens (tertiary/aromatic N) is 5. The molecule has 0 saturated carbocycles. The molecule has 5 rings (SSSR count). The monoisotopic (exact) mass is 460 g/mol. The number of nitrogens with two attached hydrogens (primary N) is 1. The molecule has 34 heavy (non-hydrogen) atoms. The van der Waals surface area contributed by atoms with Crippen molar-refractivity contribution < 1.29 is 14.2 Å². The molecular weight excluding hydrogens is 439 g/mol. The Labute approximate surface area is 193 Å². The van der Waals surface area contributed by atoms with Crippen molar-refractivity contribution >= 4 is 17.3 Å². The van der Waals surface area contributed by atoms with Gasteiger partial charge >= 0.3 is 0 Å². The molecule has 1 aromatic carbocycles. The predicted octanol–water partition coefficient (Wildman–Crippen LogP) is 2.36. The van der Waals surface area contributed by atoms with E-state index in [1.165, 1.54) is 10.6 Å². The number of halogens is 1. The van der Waals surface area contributed by atoms with Crippen molar-refractivity contribution in [3.05, 3.63) is 65.2 Å². The Kier molecular flexibility index (Phi) is 5.45. The second-order valence-electron chi connectivity index (χ2n) is 7.91. The minimum Gasteiger partial charge on any atom is -0.473 e. The smallest absolute Gasteiger partial charge is 0.218 e. The van der Waals surface area contributed by atoms with Gasteiger partial charge in [0, 0.05) is 18.7 Å². The Morgan fingerprint density at radius 3 is 2.88 bits per heavy atom. The van der Waals surface area contributed by atoms with E-state index >= 15 is 0 Å². The van der Waals surface area contributed by atoms with E-state index in [0.29, 0.717) is 16.9 Å². The average Bonchev–Trinajstić information content (AvgIpc) is 3.22. The number of ether oxygens (including phenoxy) is 1. The van der Waals surface area contributed by atoms with Crippen molar-refractivity contribution in [2.45, 2.75) is 25.8 Å². The van der Waals surface area contributed by atoms with Gasteiger partial charge in [0.15, 0.2) is 11.3 Å². The molecule has 3 aromatic heterocycles. The normalized spacial score (nSPS) is 18.1. The molecule has 1 unspecified atom stereocenters. The van der Waals surface area contributed by atoms with Crippen LogP contribution in [0.25, 0.3) is 16.8 Å². The summed E-state index contributed by atoms with van der Waals surface area (Å²) in [7, 11) is 0. The topological polar surface area (TPSA) is 146 Å². The van der Waals surface area contributed by atoms with Crippen molar-refractivity contribution in [1.29, 1.82) is 5.26 Å². The van der Waals surface area contributed by atoms with Crippen molar-refractivity contribution in [2.24, 2.45) is 0 Å². The van der Waals surface area contributed by atoms with E-state index < -0.39 is 18.1 Å². The molecule has 4 aromatic rings. The molecule has 0 radical (unpaired) electrons. The van der Waals surface area contributed by atoms with Crippen LogP contribution in [-0.4, -0.2) is 37.3 Å². The number of hydrogen-bond acceptors (Lipinski definition) is 9. The number of nitrogens with one attached hydrogen (secondary N) is 2. The lowest BCUT2D eigenvalue weighted by Gasteiger charge is -2.19. The highest BCUT2D eigenvalue weighted by Crippen LogP contribution is 2.36. The van der Waals surface area contributed by atoms with E-state index in [-0.39, 0.29) is 41.7 Å². The van der Waals surface area contributed by atoms with Crippen LogP contribution < -0.4 is 21.1 Å². The van der Waals surface area contributed by atoms with Crippen molar-refractivity contribution in [2.75, 3.05) is 17.6 Å². The molecule has 11 heteroatoms. The summed E-state index contributed by atoms with van der Waals surface area (Å²) in [4.78, 5) is 8.78. The zero-order chi connectivity index (χ0) is 23.8. The lowest BCUT2D eigenvalue weighted by Crippen LogP contribution is -2.32. The molecule has 0 fully saturated rings. The SMILES string of the molecule is C[C@H]1CNC(O)c2c(C#N)nn3c(N)c(-c4ccccc4)c(nc23)NCc2cc(F)cnc2O1. The molecule has 0 spiro atoms. The average molecular weight is 460 g/mol. The zero-order valence-electron chi connectivity index (χ0n) is 18.2. The third-order valence-corrected chi connectivity index (χ3v) is 5.53. The molecule has 5 N–H and O–H groups in total. The van der Waals surface area contributed by atoms with Crippen LogP contribution >= 0.6 is 0 Å². The number of aromatic nitrogens is 4. The van der Waals surface area contributed by atoms with Gasteiger partial charge in [0.1, 0.15) is 35.9 Å². The number of benzene rings is 1. The standard InChI is InChI=1S/C23H21FN8O2/c1-12-9-28-22(33)18-16(8-25)31-32-19(26)17(13-5-3-2-4-6-13)20(30-21(18)32)27-10-14-7-15(24)11-29-23(14)34-12/h2-7,11-12,22,28,33H,9-10,26H2,1H3,(H,27,30)/t12-,22?/m0/s1. The quantitative estimate of drug-likeness (QED) is 0.336. The van der Waals surface area contributed by atoms with Gasteiger partial charge in [0.2, 0.25) is 5.88 Å². The van der Waals surface area contributed by atoms with E-state index in [0.717, 1.165) is 11.8 Å². The van der Waals surface area contributed by atoms with Gasteiger partial charge in [-0.2, -0.15) is 14.9 Å². The third-order valence-electron chi connectivity index (χ3n) is 5.53. The largest absolute Gasteiger partial charge is 0.473 e. The van der Waals surface area contributed by atoms with Gasteiger partial charge < -0.3 is 20.9 Å². The summed E-state index contributed by atoms with van der Waals surface area (Å²) < 4.78 is 21.3.